The van der Waals surface area contributed by atoms with E-state index in [2.05, 4.69) is 20.4 Å². The predicted octanol–water partition coefficient (Wildman–Crippen LogP) is 1.43. The Kier molecular flexibility index (Phi) is 3.96. The number of hydrogen-bond donors (Lipinski definition) is 2. The summed E-state index contributed by atoms with van der Waals surface area (Å²) in [5.41, 5.74) is 2.19. The highest BCUT2D eigenvalue weighted by atomic mass is 16.5. The highest BCUT2D eigenvalue weighted by Crippen LogP contribution is 2.21. The van der Waals surface area contributed by atoms with Gasteiger partial charge < -0.3 is 14.8 Å². The maximum Gasteiger partial charge on any atom is 0.326 e. The molecule has 2 N–H and O–H groups in total. The molecule has 0 aliphatic rings. The van der Waals surface area contributed by atoms with E-state index in [0.29, 0.717) is 18.3 Å². The standard InChI is InChI=1S/C15H17N5O3/c1-3-6-20-12-5-4-10(7-11(12)17-15(20)22)14-18-13(23-19-14)8-16-9(2)21/h4-5,7H,3,6,8H2,1-2H3,(H,16,21)(H,17,22). The van der Waals surface area contributed by atoms with Crippen LogP contribution in [0.2, 0.25) is 0 Å². The second-order valence-electron chi connectivity index (χ2n) is 5.24. The lowest BCUT2D eigenvalue weighted by Gasteiger charge is -2.00. The van der Waals surface area contributed by atoms with Gasteiger partial charge >= 0.3 is 5.69 Å². The van der Waals surface area contributed by atoms with Gasteiger partial charge in [-0.25, -0.2) is 4.79 Å². The maximum absolute atomic E-state index is 11.9. The monoisotopic (exact) mass is 315 g/mol. The third kappa shape index (κ3) is 3.01. The lowest BCUT2D eigenvalue weighted by Crippen LogP contribution is -2.18. The molecule has 0 bridgehead atoms. The summed E-state index contributed by atoms with van der Waals surface area (Å²) in [6.07, 6.45) is 0.881. The Morgan fingerprint density at radius 1 is 1.43 bits per heavy atom. The molecule has 2 heterocycles. The maximum atomic E-state index is 11.9. The van der Waals surface area contributed by atoms with Crippen molar-refractivity contribution in [2.75, 3.05) is 0 Å². The van der Waals surface area contributed by atoms with Crippen LogP contribution in [-0.2, 0) is 17.9 Å². The number of fused-ring (bicyclic) bond motifs is 1. The summed E-state index contributed by atoms with van der Waals surface area (Å²) >= 11 is 0. The van der Waals surface area contributed by atoms with Crippen LogP contribution in [-0.4, -0.2) is 25.6 Å². The molecule has 0 saturated carbocycles. The van der Waals surface area contributed by atoms with Crippen molar-refractivity contribution in [3.63, 3.8) is 0 Å². The molecule has 8 heteroatoms. The summed E-state index contributed by atoms with van der Waals surface area (Å²) in [6, 6.07) is 5.52. The van der Waals surface area contributed by atoms with Crippen LogP contribution >= 0.6 is 0 Å². The van der Waals surface area contributed by atoms with Crippen molar-refractivity contribution in [3.05, 3.63) is 34.6 Å². The number of hydrogen-bond acceptors (Lipinski definition) is 5. The van der Waals surface area contributed by atoms with E-state index < -0.39 is 0 Å². The summed E-state index contributed by atoms with van der Waals surface area (Å²) in [5.74, 6) is 0.574. The quantitative estimate of drug-likeness (QED) is 0.741. The van der Waals surface area contributed by atoms with Gasteiger partial charge in [0.15, 0.2) is 0 Å². The number of carbonyl (C=O) groups excluding carboxylic acids is 1. The molecule has 0 atom stereocenters. The molecule has 1 aromatic carbocycles. The van der Waals surface area contributed by atoms with E-state index in [4.69, 9.17) is 4.52 Å². The topological polar surface area (TPSA) is 106 Å². The van der Waals surface area contributed by atoms with Crippen molar-refractivity contribution >= 4 is 16.9 Å². The van der Waals surface area contributed by atoms with E-state index in [1.165, 1.54) is 6.92 Å². The first-order chi connectivity index (χ1) is 11.1. The van der Waals surface area contributed by atoms with Crippen molar-refractivity contribution in [2.24, 2.45) is 0 Å². The molecule has 0 radical (unpaired) electrons. The fraction of sp³-hybridized carbons (Fsp3) is 0.333. The molecular formula is C15H17N5O3. The number of nitrogens with one attached hydrogen (secondary N) is 2. The summed E-state index contributed by atoms with van der Waals surface area (Å²) in [7, 11) is 0. The zero-order valence-corrected chi connectivity index (χ0v) is 12.9. The zero-order chi connectivity index (χ0) is 16.4. The molecule has 0 aliphatic carbocycles. The van der Waals surface area contributed by atoms with E-state index in [1.54, 1.807) is 4.57 Å². The van der Waals surface area contributed by atoms with Gasteiger partial charge in [0.2, 0.25) is 17.6 Å². The fourth-order valence-electron chi connectivity index (χ4n) is 2.39. The van der Waals surface area contributed by atoms with Crippen molar-refractivity contribution in [1.29, 1.82) is 0 Å². The van der Waals surface area contributed by atoms with E-state index in [-0.39, 0.29) is 18.1 Å². The number of carbonyl (C=O) groups is 1. The van der Waals surface area contributed by atoms with E-state index in [9.17, 15) is 9.59 Å². The summed E-state index contributed by atoms with van der Waals surface area (Å²) in [4.78, 5) is 29.9. The Morgan fingerprint density at radius 3 is 3.00 bits per heavy atom. The van der Waals surface area contributed by atoms with Crippen molar-refractivity contribution < 1.29 is 9.32 Å². The Balaban J connectivity index is 1.92. The van der Waals surface area contributed by atoms with Gasteiger partial charge in [0.1, 0.15) is 0 Å². The van der Waals surface area contributed by atoms with Gasteiger partial charge in [-0.3, -0.25) is 9.36 Å². The number of rotatable bonds is 5. The van der Waals surface area contributed by atoms with Crippen LogP contribution in [0.3, 0.4) is 0 Å². The Morgan fingerprint density at radius 2 is 2.26 bits per heavy atom. The van der Waals surface area contributed by atoms with Gasteiger partial charge in [0, 0.05) is 19.0 Å². The molecule has 0 saturated heterocycles. The molecule has 3 rings (SSSR count). The molecule has 0 aliphatic heterocycles. The van der Waals surface area contributed by atoms with Crippen LogP contribution in [0.1, 0.15) is 26.2 Å². The highest BCUT2D eigenvalue weighted by molar-refractivity contribution is 5.80. The first-order valence-corrected chi connectivity index (χ1v) is 7.38. The Labute approximate surface area is 131 Å². The third-order valence-corrected chi connectivity index (χ3v) is 3.44. The second kappa shape index (κ2) is 6.07. The predicted molar refractivity (Wildman–Crippen MR) is 83.7 cm³/mol. The number of imidazole rings is 1. The van der Waals surface area contributed by atoms with E-state index >= 15 is 0 Å². The number of aromatic amines is 1. The number of nitrogens with zero attached hydrogens (tertiary/aromatic N) is 3. The molecule has 0 fully saturated rings. The number of aromatic nitrogens is 4. The largest absolute Gasteiger partial charge is 0.347 e. The minimum absolute atomic E-state index is 0.126. The molecular weight excluding hydrogens is 298 g/mol. The molecule has 2 aromatic heterocycles. The van der Waals surface area contributed by atoms with Crippen LogP contribution in [0.5, 0.6) is 0 Å². The number of H-pyrrole nitrogens is 1. The Hall–Kier alpha value is -2.90. The summed E-state index contributed by atoms with van der Waals surface area (Å²) < 4.78 is 6.80. The fourth-order valence-corrected chi connectivity index (χ4v) is 2.39. The van der Waals surface area contributed by atoms with Crippen LogP contribution in [0.15, 0.2) is 27.5 Å². The first-order valence-electron chi connectivity index (χ1n) is 7.38. The van der Waals surface area contributed by atoms with Gasteiger partial charge in [-0.15, -0.1) is 0 Å². The number of benzene rings is 1. The van der Waals surface area contributed by atoms with Gasteiger partial charge in [0.25, 0.3) is 0 Å². The van der Waals surface area contributed by atoms with Gasteiger partial charge in [-0.2, -0.15) is 4.98 Å². The van der Waals surface area contributed by atoms with E-state index in [0.717, 1.165) is 23.0 Å². The lowest BCUT2D eigenvalue weighted by atomic mass is 10.2. The van der Waals surface area contributed by atoms with Crippen LogP contribution in [0.25, 0.3) is 22.4 Å². The zero-order valence-electron chi connectivity index (χ0n) is 12.9. The van der Waals surface area contributed by atoms with Crippen molar-refractivity contribution in [2.45, 2.75) is 33.4 Å². The average molecular weight is 315 g/mol. The highest BCUT2D eigenvalue weighted by Gasteiger charge is 2.12. The average Bonchev–Trinajstić information content (AvgIpc) is 3.10. The molecule has 0 spiro atoms. The third-order valence-electron chi connectivity index (χ3n) is 3.44. The molecule has 23 heavy (non-hydrogen) atoms. The molecule has 3 aromatic rings. The summed E-state index contributed by atoms with van der Waals surface area (Å²) in [5, 5.41) is 6.50. The van der Waals surface area contributed by atoms with Gasteiger partial charge in [-0.05, 0) is 24.6 Å². The van der Waals surface area contributed by atoms with Crippen LogP contribution in [0, 0.1) is 0 Å². The summed E-state index contributed by atoms with van der Waals surface area (Å²) in [6.45, 7) is 4.30. The molecule has 1 amide bonds. The second-order valence-corrected chi connectivity index (χ2v) is 5.24. The molecule has 120 valence electrons. The smallest absolute Gasteiger partial charge is 0.326 e. The van der Waals surface area contributed by atoms with Crippen LogP contribution in [0.4, 0.5) is 0 Å². The minimum Gasteiger partial charge on any atom is -0.347 e. The van der Waals surface area contributed by atoms with Crippen LogP contribution < -0.4 is 11.0 Å². The van der Waals surface area contributed by atoms with Gasteiger partial charge in [-0.1, -0.05) is 12.1 Å². The Bertz CT molecular complexity index is 905. The first kappa shape index (κ1) is 15.0. The number of aryl methyl sites for hydroxylation is 1. The SMILES string of the molecule is CCCn1c(=O)[nH]c2cc(-c3noc(CNC(C)=O)n3)ccc21. The minimum atomic E-state index is -0.166. The molecule has 8 nitrogen and oxygen atoms in total. The molecule has 0 unspecified atom stereocenters. The van der Waals surface area contributed by atoms with Crippen molar-refractivity contribution in [3.8, 4) is 11.4 Å². The van der Waals surface area contributed by atoms with E-state index in [1.807, 2.05) is 25.1 Å². The van der Waals surface area contributed by atoms with Crippen molar-refractivity contribution in [1.82, 2.24) is 25.0 Å². The lowest BCUT2D eigenvalue weighted by molar-refractivity contribution is -0.119. The normalized spacial score (nSPS) is 11.0. The van der Waals surface area contributed by atoms with Gasteiger partial charge in [0.05, 0.1) is 17.6 Å². The number of amides is 1.